The fourth-order valence-corrected chi connectivity index (χ4v) is 2.13. The lowest BCUT2D eigenvalue weighted by atomic mass is 10.1. The van der Waals surface area contributed by atoms with Crippen LogP contribution in [0.5, 0.6) is 0 Å². The Kier molecular flexibility index (Phi) is 4.03. The van der Waals surface area contributed by atoms with E-state index in [1.165, 1.54) is 42.9 Å². The Balaban J connectivity index is 1.89. The highest BCUT2D eigenvalue weighted by Gasteiger charge is 2.04. The first-order valence-electron chi connectivity index (χ1n) is 6.37. The Morgan fingerprint density at radius 1 is 1.00 bits per heavy atom. The first-order valence-corrected chi connectivity index (χ1v) is 6.37. The minimum Gasteiger partial charge on any atom is -0.468 e. The molecule has 0 aliphatic carbocycles. The van der Waals surface area contributed by atoms with Crippen molar-refractivity contribution in [2.45, 2.75) is 45.4 Å². The second-order valence-electron chi connectivity index (χ2n) is 4.41. The molecule has 1 nitrogen and oxygen atoms in total. The highest BCUT2D eigenvalue weighted by molar-refractivity contribution is 5.83. The van der Waals surface area contributed by atoms with Crippen molar-refractivity contribution >= 4 is 10.8 Å². The quantitative estimate of drug-likeness (QED) is 0.623. The summed E-state index contributed by atoms with van der Waals surface area (Å²) in [6.45, 7) is 2.25. The third-order valence-corrected chi connectivity index (χ3v) is 3.10. The summed E-state index contributed by atoms with van der Waals surface area (Å²) in [7, 11) is 0. The summed E-state index contributed by atoms with van der Waals surface area (Å²) in [4.78, 5) is 0. The van der Waals surface area contributed by atoms with Gasteiger partial charge in [-0.05, 0) is 6.42 Å². The zero-order valence-electron chi connectivity index (χ0n) is 10.0. The number of furan rings is 1. The number of aryl methyl sites for hydroxylation is 1. The maximum absolute atomic E-state index is 5.62. The topological polar surface area (TPSA) is 13.1 Å². The molecule has 0 aliphatic heterocycles. The second kappa shape index (κ2) is 5.74. The summed E-state index contributed by atoms with van der Waals surface area (Å²) >= 11 is 0. The van der Waals surface area contributed by atoms with Crippen LogP contribution in [0.3, 0.4) is 0 Å². The maximum Gasteiger partial charge on any atom is 0.111 e. The first-order chi connectivity index (χ1) is 7.92. The van der Waals surface area contributed by atoms with Gasteiger partial charge in [0, 0.05) is 17.2 Å². The van der Waals surface area contributed by atoms with Crippen LogP contribution in [0.15, 0.2) is 34.9 Å². The van der Waals surface area contributed by atoms with E-state index in [-0.39, 0.29) is 0 Å². The standard InChI is InChI=1S/C15H20O/c1-2-3-4-5-6-11-15-14-10-8-7-9-13(14)12-16-15/h7-10,12H,2-6,11H2,1H3. The second-order valence-corrected chi connectivity index (χ2v) is 4.41. The van der Waals surface area contributed by atoms with E-state index in [1.807, 2.05) is 6.26 Å². The normalized spacial score (nSPS) is 11.1. The summed E-state index contributed by atoms with van der Waals surface area (Å²) < 4.78 is 5.62. The van der Waals surface area contributed by atoms with E-state index in [0.717, 1.165) is 12.2 Å². The zero-order valence-corrected chi connectivity index (χ0v) is 10.0. The molecule has 1 heteroatoms. The van der Waals surface area contributed by atoms with Crippen molar-refractivity contribution in [3.63, 3.8) is 0 Å². The third kappa shape index (κ3) is 2.66. The molecule has 1 aromatic heterocycles. The van der Waals surface area contributed by atoms with Gasteiger partial charge in [0.1, 0.15) is 5.76 Å². The van der Waals surface area contributed by atoms with Crippen LogP contribution in [-0.4, -0.2) is 0 Å². The van der Waals surface area contributed by atoms with Crippen molar-refractivity contribution in [1.29, 1.82) is 0 Å². The van der Waals surface area contributed by atoms with Gasteiger partial charge in [0.25, 0.3) is 0 Å². The third-order valence-electron chi connectivity index (χ3n) is 3.10. The minimum absolute atomic E-state index is 1.08. The lowest BCUT2D eigenvalue weighted by molar-refractivity contribution is 0.498. The largest absolute Gasteiger partial charge is 0.468 e. The molecule has 2 aromatic rings. The van der Waals surface area contributed by atoms with Gasteiger partial charge in [0.05, 0.1) is 6.26 Å². The van der Waals surface area contributed by atoms with Crippen molar-refractivity contribution in [2.75, 3.05) is 0 Å². The summed E-state index contributed by atoms with van der Waals surface area (Å²) in [5.74, 6) is 1.16. The molecular weight excluding hydrogens is 196 g/mol. The van der Waals surface area contributed by atoms with Crippen molar-refractivity contribution in [3.8, 4) is 0 Å². The van der Waals surface area contributed by atoms with E-state index in [0.29, 0.717) is 0 Å². The molecule has 0 aliphatic rings. The molecule has 1 aromatic carbocycles. The lowest BCUT2D eigenvalue weighted by Crippen LogP contribution is -1.84. The van der Waals surface area contributed by atoms with Crippen LogP contribution in [0.4, 0.5) is 0 Å². The molecule has 0 amide bonds. The molecule has 0 radical (unpaired) electrons. The molecule has 0 spiro atoms. The highest BCUT2D eigenvalue weighted by Crippen LogP contribution is 2.22. The molecule has 0 atom stereocenters. The number of unbranched alkanes of at least 4 members (excludes halogenated alkanes) is 4. The fraction of sp³-hybridized carbons (Fsp3) is 0.467. The van der Waals surface area contributed by atoms with Crippen LogP contribution in [0.2, 0.25) is 0 Å². The SMILES string of the molecule is CCCCCCCc1occ2ccccc12. The predicted octanol–water partition coefficient (Wildman–Crippen LogP) is 4.95. The maximum atomic E-state index is 5.62. The van der Waals surface area contributed by atoms with Crippen LogP contribution in [-0.2, 0) is 6.42 Å². The van der Waals surface area contributed by atoms with E-state index >= 15 is 0 Å². The molecule has 0 N–H and O–H groups in total. The van der Waals surface area contributed by atoms with Crippen LogP contribution >= 0.6 is 0 Å². The number of rotatable bonds is 6. The van der Waals surface area contributed by atoms with Gasteiger partial charge in [-0.1, -0.05) is 56.9 Å². The lowest BCUT2D eigenvalue weighted by Gasteiger charge is -1.99. The minimum atomic E-state index is 1.08. The van der Waals surface area contributed by atoms with E-state index in [9.17, 15) is 0 Å². The van der Waals surface area contributed by atoms with Crippen LogP contribution in [0, 0.1) is 0 Å². The van der Waals surface area contributed by atoms with Gasteiger partial charge in [0.15, 0.2) is 0 Å². The van der Waals surface area contributed by atoms with Crippen LogP contribution < -0.4 is 0 Å². The van der Waals surface area contributed by atoms with Gasteiger partial charge >= 0.3 is 0 Å². The van der Waals surface area contributed by atoms with Gasteiger partial charge in [-0.3, -0.25) is 0 Å². The molecule has 0 saturated carbocycles. The first kappa shape index (κ1) is 11.3. The van der Waals surface area contributed by atoms with Gasteiger partial charge in [-0.25, -0.2) is 0 Å². The van der Waals surface area contributed by atoms with E-state index < -0.39 is 0 Å². The Hall–Kier alpha value is -1.24. The summed E-state index contributed by atoms with van der Waals surface area (Å²) in [6, 6.07) is 8.40. The molecule has 0 bridgehead atoms. The highest BCUT2D eigenvalue weighted by atomic mass is 16.3. The van der Waals surface area contributed by atoms with Crippen molar-refractivity contribution in [2.24, 2.45) is 0 Å². The van der Waals surface area contributed by atoms with Crippen molar-refractivity contribution in [1.82, 2.24) is 0 Å². The molecule has 86 valence electrons. The van der Waals surface area contributed by atoms with Gasteiger partial charge in [0.2, 0.25) is 0 Å². The van der Waals surface area contributed by atoms with Gasteiger partial charge in [-0.15, -0.1) is 0 Å². The smallest absolute Gasteiger partial charge is 0.111 e. The summed E-state index contributed by atoms with van der Waals surface area (Å²) in [6.07, 6.45) is 9.55. The Morgan fingerprint density at radius 2 is 1.81 bits per heavy atom. The average Bonchev–Trinajstić information content (AvgIpc) is 2.73. The fourth-order valence-electron chi connectivity index (χ4n) is 2.13. The average molecular weight is 216 g/mol. The van der Waals surface area contributed by atoms with Crippen molar-refractivity contribution in [3.05, 3.63) is 36.3 Å². The monoisotopic (exact) mass is 216 g/mol. The Morgan fingerprint density at radius 3 is 2.69 bits per heavy atom. The van der Waals surface area contributed by atoms with E-state index in [2.05, 4.69) is 31.2 Å². The van der Waals surface area contributed by atoms with Crippen molar-refractivity contribution < 1.29 is 4.42 Å². The summed E-state index contributed by atoms with van der Waals surface area (Å²) in [5.41, 5.74) is 0. The molecule has 16 heavy (non-hydrogen) atoms. The molecule has 1 heterocycles. The number of fused-ring (bicyclic) bond motifs is 1. The van der Waals surface area contributed by atoms with E-state index in [4.69, 9.17) is 4.42 Å². The zero-order chi connectivity index (χ0) is 11.2. The van der Waals surface area contributed by atoms with Gasteiger partial charge < -0.3 is 4.42 Å². The Labute approximate surface area is 97.5 Å². The molecule has 0 fully saturated rings. The number of hydrogen-bond acceptors (Lipinski definition) is 1. The molecular formula is C15H20O. The number of benzene rings is 1. The van der Waals surface area contributed by atoms with Crippen LogP contribution in [0.25, 0.3) is 10.8 Å². The molecule has 0 saturated heterocycles. The molecule has 2 rings (SSSR count). The molecule has 0 unspecified atom stereocenters. The summed E-state index contributed by atoms with van der Waals surface area (Å²) in [5, 5.41) is 2.52. The Bertz CT molecular complexity index is 428. The number of hydrogen-bond donors (Lipinski definition) is 0. The van der Waals surface area contributed by atoms with Gasteiger partial charge in [-0.2, -0.15) is 0 Å². The van der Waals surface area contributed by atoms with E-state index in [1.54, 1.807) is 0 Å². The predicted molar refractivity (Wildman–Crippen MR) is 68.7 cm³/mol. The van der Waals surface area contributed by atoms with Crippen LogP contribution in [0.1, 0.15) is 44.8 Å².